The van der Waals surface area contributed by atoms with Crippen LogP contribution in [0.15, 0.2) is 46.3 Å². The van der Waals surface area contributed by atoms with Crippen LogP contribution >= 0.6 is 24.0 Å². The van der Waals surface area contributed by atoms with Crippen molar-refractivity contribution in [3.63, 3.8) is 0 Å². The fourth-order valence-corrected chi connectivity index (χ4v) is 2.23. The van der Waals surface area contributed by atoms with E-state index >= 15 is 0 Å². The highest BCUT2D eigenvalue weighted by molar-refractivity contribution is 8.23. The van der Waals surface area contributed by atoms with Gasteiger partial charge in [0, 0.05) is 4.90 Å². The number of hydrogen-bond acceptors (Lipinski definition) is 2. The summed E-state index contributed by atoms with van der Waals surface area (Å²) in [5.74, 6) is 0.444. The van der Waals surface area contributed by atoms with Crippen LogP contribution in [-0.4, -0.2) is 10.2 Å². The zero-order valence-corrected chi connectivity index (χ0v) is 13.4. The van der Waals surface area contributed by atoms with E-state index in [0.717, 1.165) is 4.90 Å². The Hall–Kier alpha value is -1.13. The Balaban J connectivity index is 2.64. The molecule has 0 atom stereocenters. The molecule has 0 heterocycles. The molecule has 19 heavy (non-hydrogen) atoms. The van der Waals surface area contributed by atoms with E-state index in [1.165, 1.54) is 17.3 Å². The van der Waals surface area contributed by atoms with Crippen molar-refractivity contribution in [1.29, 1.82) is 0 Å². The molecule has 102 valence electrons. The van der Waals surface area contributed by atoms with Crippen LogP contribution in [0.2, 0.25) is 0 Å². The van der Waals surface area contributed by atoms with Crippen molar-refractivity contribution in [3.8, 4) is 0 Å². The molecule has 0 aliphatic rings. The monoisotopic (exact) mass is 292 g/mol. The van der Waals surface area contributed by atoms with Crippen LogP contribution in [-0.2, 0) is 0 Å². The Morgan fingerprint density at radius 1 is 1.26 bits per heavy atom. The number of hydrogen-bond donors (Lipinski definition) is 1. The highest BCUT2D eigenvalue weighted by atomic mass is 32.2. The zero-order chi connectivity index (χ0) is 14.5. The maximum atomic E-state index is 5.82. The largest absolute Gasteiger partial charge is 0.384 e. The Morgan fingerprint density at radius 2 is 1.84 bits per heavy atom. The first-order valence-corrected chi connectivity index (χ1v) is 7.31. The molecule has 0 aliphatic carbocycles. The van der Waals surface area contributed by atoms with E-state index in [1.54, 1.807) is 0 Å². The van der Waals surface area contributed by atoms with E-state index in [1.807, 2.05) is 24.3 Å². The molecule has 2 N–H and O–H groups in total. The first-order valence-electron chi connectivity index (χ1n) is 6.08. The molecule has 0 aromatic heterocycles. The predicted molar refractivity (Wildman–Crippen MR) is 89.9 cm³/mol. The summed E-state index contributed by atoms with van der Waals surface area (Å²) < 4.78 is 0.528. The number of rotatable bonds is 2. The second kappa shape index (κ2) is 6.87. The lowest BCUT2D eigenvalue weighted by Gasteiger charge is -2.10. The minimum Gasteiger partial charge on any atom is -0.384 e. The fraction of sp³-hybridized carbons (Fsp3) is 0.333. The van der Waals surface area contributed by atoms with E-state index in [0.29, 0.717) is 10.2 Å². The van der Waals surface area contributed by atoms with Crippen molar-refractivity contribution in [3.05, 3.63) is 42.0 Å². The molecule has 4 heteroatoms. The summed E-state index contributed by atoms with van der Waals surface area (Å²) >= 11 is 6.66. The van der Waals surface area contributed by atoms with Crippen molar-refractivity contribution in [1.82, 2.24) is 0 Å². The standard InChI is InChI=1S/C15H20N2S2/c1-11-5-7-12(8-6-11)19-14(18)17-13(16)9-10-15(2,3)4/h5-10H,1-4H3,(H2,16,17,18)/b10-9+. The fourth-order valence-electron chi connectivity index (χ4n) is 1.21. The van der Waals surface area contributed by atoms with Gasteiger partial charge in [0.05, 0.1) is 0 Å². The van der Waals surface area contributed by atoms with Crippen molar-refractivity contribution >= 4 is 34.1 Å². The number of amidine groups is 1. The van der Waals surface area contributed by atoms with Crippen LogP contribution in [0.25, 0.3) is 0 Å². The SMILES string of the molecule is Cc1ccc(SC(=S)/N=C(N)/C=C/C(C)(C)C)cc1. The normalized spacial score (nSPS) is 12.9. The van der Waals surface area contributed by atoms with E-state index in [4.69, 9.17) is 18.0 Å². The van der Waals surface area contributed by atoms with Gasteiger partial charge in [-0.2, -0.15) is 0 Å². The number of thioether (sulfide) groups is 1. The molecule has 0 amide bonds. The van der Waals surface area contributed by atoms with Gasteiger partial charge in [0.25, 0.3) is 0 Å². The van der Waals surface area contributed by atoms with Crippen molar-refractivity contribution in [2.24, 2.45) is 16.1 Å². The van der Waals surface area contributed by atoms with E-state index in [-0.39, 0.29) is 5.41 Å². The molecule has 1 aromatic carbocycles. The summed E-state index contributed by atoms with van der Waals surface area (Å²) in [5, 5.41) is 0. The lowest BCUT2D eigenvalue weighted by atomic mass is 9.96. The highest BCUT2D eigenvalue weighted by Gasteiger charge is 2.04. The van der Waals surface area contributed by atoms with Gasteiger partial charge < -0.3 is 5.73 Å². The van der Waals surface area contributed by atoms with Crippen LogP contribution in [0.4, 0.5) is 0 Å². The summed E-state index contributed by atoms with van der Waals surface area (Å²) in [5.41, 5.74) is 7.14. The quantitative estimate of drug-likeness (QED) is 0.381. The number of nitrogens with two attached hydrogens (primary N) is 1. The summed E-state index contributed by atoms with van der Waals surface area (Å²) in [6.45, 7) is 8.38. The molecule has 1 rings (SSSR count). The van der Waals surface area contributed by atoms with Crippen molar-refractivity contribution in [2.45, 2.75) is 32.6 Å². The number of nitrogens with zero attached hydrogens (tertiary/aromatic N) is 1. The number of allylic oxidation sites excluding steroid dienone is 1. The second-order valence-corrected chi connectivity index (χ2v) is 7.12. The predicted octanol–water partition coefficient (Wildman–Crippen LogP) is 4.33. The van der Waals surface area contributed by atoms with Gasteiger partial charge in [0.15, 0.2) is 4.32 Å². The molecule has 0 saturated carbocycles. The van der Waals surface area contributed by atoms with Crippen LogP contribution < -0.4 is 5.73 Å². The molecule has 0 spiro atoms. The van der Waals surface area contributed by atoms with Gasteiger partial charge in [-0.25, -0.2) is 4.99 Å². The van der Waals surface area contributed by atoms with E-state index in [9.17, 15) is 0 Å². The molecule has 0 radical (unpaired) electrons. The Morgan fingerprint density at radius 3 is 2.37 bits per heavy atom. The number of aryl methyl sites for hydroxylation is 1. The van der Waals surface area contributed by atoms with Crippen LogP contribution in [0.1, 0.15) is 26.3 Å². The molecule has 0 bridgehead atoms. The molecule has 0 unspecified atom stereocenters. The Kier molecular flexibility index (Phi) is 5.76. The molecular formula is C15H20N2S2. The van der Waals surface area contributed by atoms with Crippen molar-refractivity contribution in [2.75, 3.05) is 0 Å². The van der Waals surface area contributed by atoms with Gasteiger partial charge >= 0.3 is 0 Å². The first kappa shape index (κ1) is 15.9. The van der Waals surface area contributed by atoms with Gasteiger partial charge in [-0.1, -0.05) is 68.5 Å². The molecular weight excluding hydrogens is 272 g/mol. The van der Waals surface area contributed by atoms with Gasteiger partial charge in [-0.3, -0.25) is 0 Å². The minimum absolute atomic E-state index is 0.0891. The number of thiocarbonyl (C=S) groups is 1. The third-order valence-electron chi connectivity index (χ3n) is 2.20. The summed E-state index contributed by atoms with van der Waals surface area (Å²) in [7, 11) is 0. The highest BCUT2D eigenvalue weighted by Crippen LogP contribution is 2.21. The summed E-state index contributed by atoms with van der Waals surface area (Å²) in [4.78, 5) is 5.28. The molecule has 0 saturated heterocycles. The lowest BCUT2D eigenvalue weighted by Crippen LogP contribution is -2.11. The number of benzene rings is 1. The van der Waals surface area contributed by atoms with E-state index in [2.05, 4.69) is 44.8 Å². The summed E-state index contributed by atoms with van der Waals surface area (Å²) in [6, 6.07) is 8.17. The average molecular weight is 292 g/mol. The van der Waals surface area contributed by atoms with Gasteiger partial charge in [-0.15, -0.1) is 0 Å². The lowest BCUT2D eigenvalue weighted by molar-refractivity contribution is 0.544. The van der Waals surface area contributed by atoms with Gasteiger partial charge in [0.1, 0.15) is 5.84 Å². The topological polar surface area (TPSA) is 38.4 Å². The second-order valence-electron chi connectivity index (χ2n) is 5.42. The molecule has 1 aromatic rings. The average Bonchev–Trinajstić information content (AvgIpc) is 2.29. The first-order chi connectivity index (χ1) is 8.76. The van der Waals surface area contributed by atoms with Crippen LogP contribution in [0.5, 0.6) is 0 Å². The molecule has 0 fully saturated rings. The Labute approximate surface area is 125 Å². The van der Waals surface area contributed by atoms with E-state index < -0.39 is 0 Å². The third kappa shape index (κ3) is 7.13. The third-order valence-corrected chi connectivity index (χ3v) is 3.32. The molecule has 0 aliphatic heterocycles. The maximum absolute atomic E-state index is 5.82. The summed E-state index contributed by atoms with van der Waals surface area (Å²) in [6.07, 6.45) is 3.83. The van der Waals surface area contributed by atoms with Gasteiger partial charge in [-0.05, 0) is 30.5 Å². The zero-order valence-electron chi connectivity index (χ0n) is 11.8. The van der Waals surface area contributed by atoms with Crippen LogP contribution in [0.3, 0.4) is 0 Å². The Bertz CT molecular complexity index is 494. The minimum atomic E-state index is 0.0891. The smallest absolute Gasteiger partial charge is 0.166 e. The van der Waals surface area contributed by atoms with Crippen molar-refractivity contribution < 1.29 is 0 Å². The van der Waals surface area contributed by atoms with Gasteiger partial charge in [0.2, 0.25) is 0 Å². The number of aliphatic imine (C=N–C) groups is 1. The maximum Gasteiger partial charge on any atom is 0.166 e. The van der Waals surface area contributed by atoms with Crippen LogP contribution in [0, 0.1) is 12.3 Å². The molecule has 2 nitrogen and oxygen atoms in total.